The van der Waals surface area contributed by atoms with Crippen molar-refractivity contribution in [2.75, 3.05) is 5.73 Å². The van der Waals surface area contributed by atoms with E-state index in [-0.39, 0.29) is 17.1 Å². The number of hydrogen-bond acceptors (Lipinski definition) is 7. The average molecular weight is 356 g/mol. The highest BCUT2D eigenvalue weighted by Gasteiger charge is 2.53. The summed E-state index contributed by atoms with van der Waals surface area (Å²) in [5, 5.41) is 21.5. The first kappa shape index (κ1) is 16.7. The number of ether oxygens (including phenoxy) is 1. The molecular weight excluding hydrogens is 338 g/mol. The second-order valence-electron chi connectivity index (χ2n) is 6.59. The number of aliphatic hydroxyl groups is 2. The third-order valence-corrected chi connectivity index (χ3v) is 4.68. The van der Waals surface area contributed by atoms with E-state index in [9.17, 15) is 15.0 Å². The van der Waals surface area contributed by atoms with Gasteiger partial charge in [0.05, 0.1) is 12.4 Å². The number of benzene rings is 1. The van der Waals surface area contributed by atoms with Gasteiger partial charge in [0.1, 0.15) is 11.7 Å². The number of nitrogens with one attached hydrogen (secondary N) is 1. The lowest BCUT2D eigenvalue weighted by Gasteiger charge is -2.27. The van der Waals surface area contributed by atoms with Crippen LogP contribution in [0.1, 0.15) is 18.7 Å². The monoisotopic (exact) mass is 356 g/mol. The van der Waals surface area contributed by atoms with Crippen LogP contribution >= 0.6 is 0 Å². The quantitative estimate of drug-likeness (QED) is 0.507. The Morgan fingerprint density at radius 1 is 1.46 bits per heavy atom. The maximum absolute atomic E-state index is 12.0. The van der Waals surface area contributed by atoms with Gasteiger partial charge in [0.2, 0.25) is 5.95 Å². The van der Waals surface area contributed by atoms with Crippen molar-refractivity contribution in [2.45, 2.75) is 37.4 Å². The molecule has 1 aliphatic rings. The minimum Gasteiger partial charge on any atom is -0.387 e. The summed E-state index contributed by atoms with van der Waals surface area (Å²) in [5.41, 5.74) is 4.72. The third kappa shape index (κ3) is 2.57. The maximum Gasteiger partial charge on any atom is 0.280 e. The van der Waals surface area contributed by atoms with Crippen LogP contribution in [0.2, 0.25) is 0 Å². The predicted octanol–water partition coefficient (Wildman–Crippen LogP) is -0.246. The van der Waals surface area contributed by atoms with Gasteiger partial charge in [-0.2, -0.15) is 4.98 Å². The Balaban J connectivity index is 1.72. The summed E-state index contributed by atoms with van der Waals surface area (Å²) in [6.45, 7) is 1.48. The van der Waals surface area contributed by atoms with Gasteiger partial charge in [-0.05, 0) is 18.6 Å². The molecule has 1 aromatic carbocycles. The first-order chi connectivity index (χ1) is 12.4. The summed E-state index contributed by atoms with van der Waals surface area (Å²) < 4.78 is 7.36. The van der Waals surface area contributed by atoms with Gasteiger partial charge in [-0.25, -0.2) is 4.98 Å². The predicted molar refractivity (Wildman–Crippen MR) is 92.1 cm³/mol. The van der Waals surface area contributed by atoms with Crippen LogP contribution in [0.3, 0.4) is 0 Å². The lowest BCUT2D eigenvalue weighted by molar-refractivity contribution is -0.0939. The number of fused-ring (bicyclic) bond motifs is 1. The summed E-state index contributed by atoms with van der Waals surface area (Å²) in [4.78, 5) is 22.4. The second-order valence-corrected chi connectivity index (χ2v) is 6.59. The fourth-order valence-electron chi connectivity index (χ4n) is 3.31. The molecule has 3 aromatic rings. The molecule has 1 fully saturated rings. The Bertz CT molecular complexity index is 997. The molecule has 0 saturated carbocycles. The number of aliphatic hydroxyl groups excluding tert-OH is 1. The molecule has 135 valence electrons. The summed E-state index contributed by atoms with van der Waals surface area (Å²) in [7, 11) is 0. The van der Waals surface area contributed by atoms with Crippen LogP contribution in [-0.4, -0.2) is 47.5 Å². The molecule has 0 unspecified atom stereocenters. The van der Waals surface area contributed by atoms with Gasteiger partial charge in [0.15, 0.2) is 17.4 Å². The molecule has 1 radical (unpaired) electrons. The van der Waals surface area contributed by atoms with Crippen molar-refractivity contribution < 1.29 is 14.9 Å². The molecule has 0 amide bonds. The number of aromatic nitrogens is 4. The largest absolute Gasteiger partial charge is 0.387 e. The summed E-state index contributed by atoms with van der Waals surface area (Å²) in [6, 6.07) is 10.2. The van der Waals surface area contributed by atoms with E-state index in [1.807, 2.05) is 12.1 Å². The number of aromatic amines is 1. The van der Waals surface area contributed by atoms with Crippen molar-refractivity contribution >= 4 is 17.1 Å². The fraction of sp³-hybridized carbons (Fsp3) is 0.353. The molecule has 4 rings (SSSR count). The topological polar surface area (TPSA) is 139 Å². The normalized spacial score (nSPS) is 28.7. The van der Waals surface area contributed by atoms with E-state index in [4.69, 9.17) is 10.5 Å². The Hall–Kier alpha value is -2.75. The molecule has 9 heteroatoms. The lowest BCUT2D eigenvalue weighted by Crippen LogP contribution is -2.44. The molecule has 0 aliphatic carbocycles. The van der Waals surface area contributed by atoms with E-state index in [2.05, 4.69) is 21.0 Å². The number of anilines is 1. The van der Waals surface area contributed by atoms with E-state index in [1.165, 1.54) is 17.8 Å². The van der Waals surface area contributed by atoms with E-state index >= 15 is 0 Å². The molecule has 0 spiro atoms. The summed E-state index contributed by atoms with van der Waals surface area (Å²) >= 11 is 0. The SMILES string of the molecule is C[C@@]1(O)[C@H](O)[C@@H](Cc2cc[c]cc2)O[C@H]1n1cnc2c(=O)[nH]c(N)nc21. The number of nitrogen functional groups attached to an aromatic ring is 1. The third-order valence-electron chi connectivity index (χ3n) is 4.68. The molecule has 9 nitrogen and oxygen atoms in total. The zero-order chi connectivity index (χ0) is 18.5. The Morgan fingerprint density at radius 2 is 2.19 bits per heavy atom. The van der Waals surface area contributed by atoms with Crippen molar-refractivity contribution in [3.63, 3.8) is 0 Å². The highest BCUT2D eigenvalue weighted by atomic mass is 16.6. The van der Waals surface area contributed by atoms with Gasteiger partial charge < -0.3 is 20.7 Å². The van der Waals surface area contributed by atoms with Crippen LogP contribution in [-0.2, 0) is 11.2 Å². The highest BCUT2D eigenvalue weighted by molar-refractivity contribution is 5.70. The van der Waals surface area contributed by atoms with E-state index < -0.39 is 29.6 Å². The first-order valence-electron chi connectivity index (χ1n) is 8.11. The number of imidazole rings is 1. The van der Waals surface area contributed by atoms with Crippen LogP contribution in [0.4, 0.5) is 5.95 Å². The Morgan fingerprint density at radius 3 is 2.92 bits per heavy atom. The molecule has 1 aliphatic heterocycles. The molecule has 1 saturated heterocycles. The van der Waals surface area contributed by atoms with E-state index in [0.717, 1.165) is 5.56 Å². The van der Waals surface area contributed by atoms with Crippen molar-refractivity contribution in [3.05, 3.63) is 52.6 Å². The molecule has 3 heterocycles. The van der Waals surface area contributed by atoms with Crippen LogP contribution in [0.5, 0.6) is 0 Å². The number of nitrogens with zero attached hydrogens (tertiary/aromatic N) is 3. The van der Waals surface area contributed by atoms with E-state index in [0.29, 0.717) is 6.42 Å². The molecule has 4 atom stereocenters. The minimum atomic E-state index is -1.61. The second kappa shape index (κ2) is 5.90. The van der Waals surface area contributed by atoms with Gasteiger partial charge in [-0.3, -0.25) is 14.3 Å². The van der Waals surface area contributed by atoms with Gasteiger partial charge in [-0.15, -0.1) is 0 Å². The summed E-state index contributed by atoms with van der Waals surface area (Å²) in [6.07, 6.45) is -1.01. The van der Waals surface area contributed by atoms with Crippen molar-refractivity contribution in [1.82, 2.24) is 19.5 Å². The molecule has 5 N–H and O–H groups in total. The Kier molecular flexibility index (Phi) is 3.79. The summed E-state index contributed by atoms with van der Waals surface area (Å²) in [5.74, 6) is -0.0699. The van der Waals surface area contributed by atoms with Gasteiger partial charge in [0.25, 0.3) is 5.56 Å². The Labute approximate surface area is 148 Å². The van der Waals surface area contributed by atoms with Crippen LogP contribution in [0, 0.1) is 6.07 Å². The van der Waals surface area contributed by atoms with Crippen LogP contribution in [0.25, 0.3) is 11.2 Å². The first-order valence-corrected chi connectivity index (χ1v) is 8.11. The van der Waals surface area contributed by atoms with Gasteiger partial charge in [0, 0.05) is 6.42 Å². The number of rotatable bonds is 3. The number of nitrogens with two attached hydrogens (primary N) is 1. The van der Waals surface area contributed by atoms with Gasteiger partial charge >= 0.3 is 0 Å². The molecular formula is C17H18N5O4. The zero-order valence-corrected chi connectivity index (χ0v) is 14.0. The fourth-order valence-corrected chi connectivity index (χ4v) is 3.31. The highest BCUT2D eigenvalue weighted by Crippen LogP contribution is 2.40. The standard InChI is InChI=1S/C17H18N5O4/c1-17(25)12(23)10(7-9-5-3-2-4-6-9)26-15(17)22-8-19-11-13(22)20-16(18)21-14(11)24/h3-6,8,10,12,15,23,25H,7H2,1H3,(H3,18,20,21,24)/t10-,12-,15-,17-/m1/s1. The van der Waals surface area contributed by atoms with Gasteiger partial charge in [-0.1, -0.05) is 24.3 Å². The maximum atomic E-state index is 12.0. The van der Waals surface area contributed by atoms with Crippen LogP contribution in [0.15, 0.2) is 35.4 Å². The van der Waals surface area contributed by atoms with Crippen molar-refractivity contribution in [3.8, 4) is 0 Å². The average Bonchev–Trinajstić information content (AvgIpc) is 3.10. The molecule has 0 bridgehead atoms. The lowest BCUT2D eigenvalue weighted by atomic mass is 9.93. The van der Waals surface area contributed by atoms with Crippen molar-refractivity contribution in [2.24, 2.45) is 0 Å². The molecule has 2 aromatic heterocycles. The smallest absolute Gasteiger partial charge is 0.280 e. The number of hydrogen-bond donors (Lipinski definition) is 4. The zero-order valence-electron chi connectivity index (χ0n) is 14.0. The minimum absolute atomic E-state index is 0.0699. The number of H-pyrrole nitrogens is 1. The van der Waals surface area contributed by atoms with Crippen LogP contribution < -0.4 is 11.3 Å². The van der Waals surface area contributed by atoms with Crippen molar-refractivity contribution in [1.29, 1.82) is 0 Å². The van der Waals surface area contributed by atoms with E-state index in [1.54, 1.807) is 12.1 Å². The molecule has 26 heavy (non-hydrogen) atoms.